The number of rotatable bonds is 3. The Morgan fingerprint density at radius 2 is 1.70 bits per heavy atom. The van der Waals surface area contributed by atoms with Crippen LogP contribution in [0.5, 0.6) is 0 Å². The van der Waals surface area contributed by atoms with Crippen LogP contribution in [0.2, 0.25) is 0 Å². The predicted molar refractivity (Wildman–Crippen MR) is 102 cm³/mol. The number of hydrogen-bond acceptors (Lipinski definition) is 2. The number of halogens is 2. The summed E-state index contributed by atoms with van der Waals surface area (Å²) in [5.74, 6) is 0. The van der Waals surface area contributed by atoms with Crippen LogP contribution in [0.25, 0.3) is 11.6 Å². The van der Waals surface area contributed by atoms with Crippen LogP contribution in [0.15, 0.2) is 70.0 Å². The zero-order valence-electron chi connectivity index (χ0n) is 12.5. The molecule has 0 aliphatic rings. The summed E-state index contributed by atoms with van der Waals surface area (Å²) in [6.07, 6.45) is 3.91. The van der Waals surface area contributed by atoms with Gasteiger partial charge in [0.15, 0.2) is 0 Å². The predicted octanol–water partition coefficient (Wildman–Crippen LogP) is 5.90. The van der Waals surface area contributed by atoms with Crippen LogP contribution in [0.3, 0.4) is 0 Å². The zero-order valence-corrected chi connectivity index (χ0v) is 15.7. The molecule has 0 unspecified atom stereocenters. The second-order valence-electron chi connectivity index (χ2n) is 5.10. The highest BCUT2D eigenvalue weighted by Crippen LogP contribution is 2.31. The molecule has 1 aromatic carbocycles. The highest BCUT2D eigenvalue weighted by atomic mass is 79.9. The topological polar surface area (TPSA) is 25.8 Å². The summed E-state index contributed by atoms with van der Waals surface area (Å²) in [5.41, 5.74) is 5.29. The van der Waals surface area contributed by atoms with E-state index < -0.39 is 0 Å². The molecule has 2 aromatic heterocycles. The monoisotopic (exact) mass is 428 g/mol. The summed E-state index contributed by atoms with van der Waals surface area (Å²) in [6.45, 7) is 1.98. The van der Waals surface area contributed by atoms with Gasteiger partial charge in [-0.05, 0) is 68.1 Å². The first-order chi connectivity index (χ1) is 11.1. The lowest BCUT2D eigenvalue weighted by molar-refractivity contribution is 1.16. The molecule has 0 amide bonds. The molecule has 3 aromatic rings. The minimum atomic E-state index is 0.825. The van der Waals surface area contributed by atoms with Crippen molar-refractivity contribution in [3.05, 3.63) is 92.4 Å². The van der Waals surface area contributed by atoms with Crippen molar-refractivity contribution in [2.45, 2.75) is 6.92 Å². The molecular formula is C19H14Br2N2. The second-order valence-corrected chi connectivity index (χ2v) is 6.60. The van der Waals surface area contributed by atoms with Gasteiger partial charge in [-0.3, -0.25) is 0 Å². The van der Waals surface area contributed by atoms with Gasteiger partial charge in [0.25, 0.3) is 0 Å². The maximum Gasteiger partial charge on any atom is 0.113 e. The van der Waals surface area contributed by atoms with E-state index in [1.165, 1.54) is 0 Å². The average Bonchev–Trinajstić information content (AvgIpc) is 2.56. The van der Waals surface area contributed by atoms with Gasteiger partial charge in [-0.25, -0.2) is 9.97 Å². The summed E-state index contributed by atoms with van der Waals surface area (Å²) in [5, 5.41) is 0. The Bertz CT molecular complexity index is 858. The maximum atomic E-state index is 4.48. The standard InChI is InChI=1S/C19H14Br2N2/c1-13-9-10-15(18(20)23-13)12-17(14-6-3-2-4-7-14)16-8-5-11-22-19(16)21/h2-12H,1H3/b17-12-. The van der Waals surface area contributed by atoms with E-state index in [0.29, 0.717) is 0 Å². The first-order valence-corrected chi connectivity index (χ1v) is 8.75. The second kappa shape index (κ2) is 7.20. The Kier molecular flexibility index (Phi) is 5.03. The van der Waals surface area contributed by atoms with Gasteiger partial charge >= 0.3 is 0 Å². The van der Waals surface area contributed by atoms with Crippen LogP contribution in [-0.4, -0.2) is 9.97 Å². The fourth-order valence-electron chi connectivity index (χ4n) is 2.32. The van der Waals surface area contributed by atoms with E-state index in [4.69, 9.17) is 0 Å². The maximum absolute atomic E-state index is 4.48. The Morgan fingerprint density at radius 3 is 2.39 bits per heavy atom. The van der Waals surface area contributed by atoms with E-state index in [9.17, 15) is 0 Å². The first-order valence-electron chi connectivity index (χ1n) is 7.16. The van der Waals surface area contributed by atoms with E-state index in [-0.39, 0.29) is 0 Å². The molecule has 114 valence electrons. The van der Waals surface area contributed by atoms with Crippen molar-refractivity contribution in [2.24, 2.45) is 0 Å². The van der Waals surface area contributed by atoms with Crippen molar-refractivity contribution >= 4 is 43.5 Å². The molecule has 4 heteroatoms. The smallest absolute Gasteiger partial charge is 0.113 e. The molecule has 23 heavy (non-hydrogen) atoms. The number of pyridine rings is 2. The highest BCUT2D eigenvalue weighted by molar-refractivity contribution is 9.10. The molecule has 0 radical (unpaired) electrons. The number of aryl methyl sites for hydroxylation is 1. The van der Waals surface area contributed by atoms with E-state index in [1.807, 2.05) is 37.3 Å². The normalized spacial score (nSPS) is 11.5. The zero-order chi connectivity index (χ0) is 16.2. The van der Waals surface area contributed by atoms with Crippen LogP contribution in [0.4, 0.5) is 0 Å². The molecule has 0 bridgehead atoms. The molecular weight excluding hydrogens is 416 g/mol. The molecule has 0 N–H and O–H groups in total. The number of hydrogen-bond donors (Lipinski definition) is 0. The molecule has 0 saturated carbocycles. The third-order valence-electron chi connectivity index (χ3n) is 3.45. The number of benzene rings is 1. The Balaban J connectivity index is 2.20. The summed E-state index contributed by atoms with van der Waals surface area (Å²) >= 11 is 7.11. The molecule has 2 heterocycles. The van der Waals surface area contributed by atoms with Crippen LogP contribution in [0.1, 0.15) is 22.4 Å². The first kappa shape index (κ1) is 16.1. The van der Waals surface area contributed by atoms with Crippen molar-refractivity contribution in [1.82, 2.24) is 9.97 Å². The Morgan fingerprint density at radius 1 is 0.913 bits per heavy atom. The van der Waals surface area contributed by atoms with Gasteiger partial charge in [-0.2, -0.15) is 0 Å². The van der Waals surface area contributed by atoms with Crippen molar-refractivity contribution in [1.29, 1.82) is 0 Å². The Hall–Kier alpha value is -1.78. The van der Waals surface area contributed by atoms with Crippen molar-refractivity contribution in [2.75, 3.05) is 0 Å². The van der Waals surface area contributed by atoms with Crippen LogP contribution >= 0.6 is 31.9 Å². The largest absolute Gasteiger partial charge is 0.249 e. The van der Waals surface area contributed by atoms with E-state index in [0.717, 1.165) is 37.2 Å². The number of nitrogens with zero attached hydrogens (tertiary/aromatic N) is 2. The summed E-state index contributed by atoms with van der Waals surface area (Å²) in [7, 11) is 0. The molecule has 0 aliphatic heterocycles. The van der Waals surface area contributed by atoms with Crippen LogP contribution in [0, 0.1) is 6.92 Å². The number of aromatic nitrogens is 2. The third-order valence-corrected chi connectivity index (χ3v) is 4.72. The van der Waals surface area contributed by atoms with Crippen molar-refractivity contribution < 1.29 is 0 Å². The molecule has 2 nitrogen and oxygen atoms in total. The molecule has 3 rings (SSSR count). The summed E-state index contributed by atoms with van der Waals surface area (Å²) in [6, 6.07) is 18.4. The fourth-order valence-corrected chi connectivity index (χ4v) is 3.31. The molecule has 0 fully saturated rings. The highest BCUT2D eigenvalue weighted by Gasteiger charge is 2.10. The van der Waals surface area contributed by atoms with Gasteiger partial charge in [-0.1, -0.05) is 42.5 Å². The lowest BCUT2D eigenvalue weighted by Crippen LogP contribution is -1.93. The summed E-state index contributed by atoms with van der Waals surface area (Å²) < 4.78 is 1.66. The van der Waals surface area contributed by atoms with Gasteiger partial charge in [-0.15, -0.1) is 0 Å². The molecule has 0 aliphatic carbocycles. The lowest BCUT2D eigenvalue weighted by Gasteiger charge is -2.11. The van der Waals surface area contributed by atoms with Gasteiger partial charge in [0.2, 0.25) is 0 Å². The van der Waals surface area contributed by atoms with Gasteiger partial charge in [0, 0.05) is 23.0 Å². The van der Waals surface area contributed by atoms with Crippen molar-refractivity contribution in [3.8, 4) is 0 Å². The van der Waals surface area contributed by atoms with Crippen LogP contribution < -0.4 is 0 Å². The van der Waals surface area contributed by atoms with Gasteiger partial charge < -0.3 is 0 Å². The van der Waals surface area contributed by atoms with Crippen LogP contribution in [-0.2, 0) is 0 Å². The lowest BCUT2D eigenvalue weighted by atomic mass is 9.97. The van der Waals surface area contributed by atoms with Crippen molar-refractivity contribution in [3.63, 3.8) is 0 Å². The van der Waals surface area contributed by atoms with Gasteiger partial charge in [0.05, 0.1) is 0 Å². The fraction of sp³-hybridized carbons (Fsp3) is 0.0526. The van der Waals surface area contributed by atoms with E-state index in [2.05, 4.69) is 72.2 Å². The third kappa shape index (κ3) is 3.77. The molecule has 0 spiro atoms. The quantitative estimate of drug-likeness (QED) is 0.484. The minimum Gasteiger partial charge on any atom is -0.249 e. The van der Waals surface area contributed by atoms with Gasteiger partial charge in [0.1, 0.15) is 9.21 Å². The minimum absolute atomic E-state index is 0.825. The average molecular weight is 430 g/mol. The van der Waals surface area contributed by atoms with E-state index in [1.54, 1.807) is 6.20 Å². The van der Waals surface area contributed by atoms with E-state index >= 15 is 0 Å². The SMILES string of the molecule is Cc1ccc(/C=C(/c2ccccc2)c2cccnc2Br)c(Br)n1. The molecule has 0 atom stereocenters. The molecule has 0 saturated heterocycles. The summed E-state index contributed by atoms with van der Waals surface area (Å²) in [4.78, 5) is 8.83. The Labute approximate surface area is 152 Å².